The van der Waals surface area contributed by atoms with Crippen molar-refractivity contribution in [1.82, 2.24) is 9.88 Å². The normalized spacial score (nSPS) is 10.9. The summed E-state index contributed by atoms with van der Waals surface area (Å²) in [5.41, 5.74) is 2.36. The average Bonchev–Trinajstić information content (AvgIpc) is 3.13. The number of thiazole rings is 1. The number of ether oxygens (including phenoxy) is 1. The summed E-state index contributed by atoms with van der Waals surface area (Å²) in [5.74, 6) is 0.348. The molecule has 1 aromatic heterocycles. The lowest BCUT2D eigenvalue weighted by Gasteiger charge is -2.26. The predicted octanol–water partition coefficient (Wildman–Crippen LogP) is 5.22. The maximum Gasteiger partial charge on any atom is 0.254 e. The second-order valence-electron chi connectivity index (χ2n) is 6.82. The van der Waals surface area contributed by atoms with Crippen LogP contribution in [0.3, 0.4) is 0 Å². The highest BCUT2D eigenvalue weighted by Crippen LogP contribution is 2.20. The third kappa shape index (κ3) is 4.95. The molecule has 146 valence electrons. The summed E-state index contributed by atoms with van der Waals surface area (Å²) < 4.78 is 19.0. The van der Waals surface area contributed by atoms with Gasteiger partial charge in [0.2, 0.25) is 0 Å². The van der Waals surface area contributed by atoms with Crippen LogP contribution >= 0.6 is 11.3 Å². The van der Waals surface area contributed by atoms with Crippen molar-refractivity contribution < 1.29 is 13.9 Å². The van der Waals surface area contributed by atoms with E-state index in [-0.39, 0.29) is 17.8 Å². The van der Waals surface area contributed by atoms with E-state index in [1.54, 1.807) is 4.90 Å². The molecule has 0 fully saturated rings. The first-order chi connectivity index (χ1) is 13.4. The van der Waals surface area contributed by atoms with Gasteiger partial charge in [0.05, 0.1) is 12.2 Å². The molecule has 1 heterocycles. The van der Waals surface area contributed by atoms with Gasteiger partial charge < -0.3 is 9.64 Å². The van der Waals surface area contributed by atoms with Crippen LogP contribution in [0.25, 0.3) is 0 Å². The SMILES string of the molecule is Cc1ccccc1OCc1nc(CN(C(=O)c2ccc(F)cc2)C(C)C)cs1. The van der Waals surface area contributed by atoms with Gasteiger partial charge in [0.15, 0.2) is 0 Å². The molecule has 0 N–H and O–H groups in total. The number of aryl methyl sites for hydroxylation is 1. The highest BCUT2D eigenvalue weighted by Gasteiger charge is 2.20. The Morgan fingerprint density at radius 1 is 1.18 bits per heavy atom. The maximum absolute atomic E-state index is 13.1. The van der Waals surface area contributed by atoms with Gasteiger partial charge >= 0.3 is 0 Å². The molecular weight excluding hydrogens is 375 g/mol. The molecule has 28 heavy (non-hydrogen) atoms. The number of nitrogens with zero attached hydrogens (tertiary/aromatic N) is 2. The second-order valence-corrected chi connectivity index (χ2v) is 7.76. The molecule has 0 bridgehead atoms. The third-order valence-electron chi connectivity index (χ3n) is 4.35. The van der Waals surface area contributed by atoms with Gasteiger partial charge in [-0.25, -0.2) is 9.37 Å². The first kappa shape index (κ1) is 20.0. The molecule has 6 heteroatoms. The standard InChI is InChI=1S/C22H23FN2O2S/c1-15(2)25(22(26)17-8-10-18(23)11-9-17)12-19-14-28-21(24-19)13-27-20-7-5-4-6-16(20)3/h4-11,14-15H,12-13H2,1-3H3. The van der Waals surface area contributed by atoms with Crippen molar-refractivity contribution in [2.24, 2.45) is 0 Å². The molecule has 0 aliphatic heterocycles. The van der Waals surface area contributed by atoms with E-state index < -0.39 is 0 Å². The topological polar surface area (TPSA) is 42.4 Å². The van der Waals surface area contributed by atoms with E-state index in [1.165, 1.54) is 35.6 Å². The highest BCUT2D eigenvalue weighted by atomic mass is 32.1. The molecule has 0 atom stereocenters. The fourth-order valence-electron chi connectivity index (χ4n) is 2.77. The molecule has 0 saturated heterocycles. The fourth-order valence-corrected chi connectivity index (χ4v) is 3.46. The van der Waals surface area contributed by atoms with Gasteiger partial charge in [-0.15, -0.1) is 11.3 Å². The number of aromatic nitrogens is 1. The van der Waals surface area contributed by atoms with E-state index in [0.29, 0.717) is 18.7 Å². The third-order valence-corrected chi connectivity index (χ3v) is 5.22. The highest BCUT2D eigenvalue weighted by molar-refractivity contribution is 7.09. The van der Waals surface area contributed by atoms with E-state index in [0.717, 1.165) is 22.0 Å². The van der Waals surface area contributed by atoms with E-state index >= 15 is 0 Å². The molecule has 0 spiro atoms. The number of carbonyl (C=O) groups is 1. The zero-order chi connectivity index (χ0) is 20.1. The van der Waals surface area contributed by atoms with Crippen molar-refractivity contribution in [1.29, 1.82) is 0 Å². The molecule has 3 rings (SSSR count). The minimum Gasteiger partial charge on any atom is -0.486 e. The zero-order valence-electron chi connectivity index (χ0n) is 16.2. The van der Waals surface area contributed by atoms with Crippen LogP contribution in [-0.2, 0) is 13.2 Å². The number of carbonyl (C=O) groups excluding carboxylic acids is 1. The number of hydrogen-bond acceptors (Lipinski definition) is 4. The summed E-state index contributed by atoms with van der Waals surface area (Å²) in [4.78, 5) is 19.1. The number of hydrogen-bond donors (Lipinski definition) is 0. The largest absolute Gasteiger partial charge is 0.486 e. The number of para-hydroxylation sites is 1. The Bertz CT molecular complexity index is 938. The minimum atomic E-state index is -0.356. The molecule has 1 amide bonds. The zero-order valence-corrected chi connectivity index (χ0v) is 17.0. The predicted molar refractivity (Wildman–Crippen MR) is 109 cm³/mol. The lowest BCUT2D eigenvalue weighted by molar-refractivity contribution is 0.0688. The average molecular weight is 399 g/mol. The summed E-state index contributed by atoms with van der Waals surface area (Å²) >= 11 is 1.51. The molecule has 3 aromatic rings. The summed E-state index contributed by atoms with van der Waals surface area (Å²) in [6.07, 6.45) is 0. The maximum atomic E-state index is 13.1. The van der Waals surface area contributed by atoms with Gasteiger partial charge in [-0.05, 0) is 56.7 Å². The molecule has 0 saturated carbocycles. The molecular formula is C22H23FN2O2S. The van der Waals surface area contributed by atoms with E-state index in [4.69, 9.17) is 4.74 Å². The molecule has 2 aromatic carbocycles. The Hall–Kier alpha value is -2.73. The summed E-state index contributed by atoms with van der Waals surface area (Å²) in [7, 11) is 0. The van der Waals surface area contributed by atoms with Crippen molar-refractivity contribution in [3.63, 3.8) is 0 Å². The van der Waals surface area contributed by atoms with Crippen LogP contribution in [0.1, 0.15) is 40.5 Å². The number of benzene rings is 2. The Kier molecular flexibility index (Phi) is 6.41. The van der Waals surface area contributed by atoms with E-state index in [1.807, 2.05) is 50.4 Å². The fraction of sp³-hybridized carbons (Fsp3) is 0.273. The van der Waals surface area contributed by atoms with Crippen molar-refractivity contribution in [2.75, 3.05) is 0 Å². The monoisotopic (exact) mass is 398 g/mol. The lowest BCUT2D eigenvalue weighted by Crippen LogP contribution is -2.36. The van der Waals surface area contributed by atoms with Crippen LogP contribution in [-0.4, -0.2) is 21.8 Å². The molecule has 0 aliphatic carbocycles. The molecule has 0 aliphatic rings. The van der Waals surface area contributed by atoms with E-state index in [2.05, 4.69) is 4.98 Å². The summed E-state index contributed by atoms with van der Waals surface area (Å²) in [6, 6.07) is 13.5. The van der Waals surface area contributed by atoms with Crippen LogP contribution in [0.2, 0.25) is 0 Å². The van der Waals surface area contributed by atoms with Crippen LogP contribution in [0.5, 0.6) is 5.75 Å². The van der Waals surface area contributed by atoms with Crippen LogP contribution < -0.4 is 4.74 Å². The van der Waals surface area contributed by atoms with Gasteiger partial charge in [-0.2, -0.15) is 0 Å². The van der Waals surface area contributed by atoms with Gasteiger partial charge in [-0.1, -0.05) is 18.2 Å². The second kappa shape index (κ2) is 8.97. The first-order valence-corrected chi connectivity index (χ1v) is 10.00. The first-order valence-electron chi connectivity index (χ1n) is 9.12. The van der Waals surface area contributed by atoms with Crippen LogP contribution in [0, 0.1) is 12.7 Å². The van der Waals surface area contributed by atoms with Crippen molar-refractivity contribution in [2.45, 2.75) is 40.0 Å². The van der Waals surface area contributed by atoms with Gasteiger partial charge in [0.1, 0.15) is 23.2 Å². The van der Waals surface area contributed by atoms with Crippen LogP contribution in [0.4, 0.5) is 4.39 Å². The van der Waals surface area contributed by atoms with Crippen LogP contribution in [0.15, 0.2) is 53.9 Å². The van der Waals surface area contributed by atoms with Crippen molar-refractivity contribution in [3.05, 3.63) is 81.6 Å². The lowest BCUT2D eigenvalue weighted by atomic mass is 10.1. The van der Waals surface area contributed by atoms with Gasteiger partial charge in [0.25, 0.3) is 5.91 Å². The number of rotatable bonds is 7. The van der Waals surface area contributed by atoms with Gasteiger partial charge in [-0.3, -0.25) is 4.79 Å². The smallest absolute Gasteiger partial charge is 0.254 e. The van der Waals surface area contributed by atoms with Gasteiger partial charge in [0, 0.05) is 17.0 Å². The molecule has 0 unspecified atom stereocenters. The Balaban J connectivity index is 1.66. The summed E-state index contributed by atoms with van der Waals surface area (Å²) in [5, 5.41) is 2.81. The summed E-state index contributed by atoms with van der Waals surface area (Å²) in [6.45, 7) is 6.70. The Morgan fingerprint density at radius 2 is 1.89 bits per heavy atom. The number of halogens is 1. The van der Waals surface area contributed by atoms with E-state index in [9.17, 15) is 9.18 Å². The molecule has 4 nitrogen and oxygen atoms in total. The minimum absolute atomic E-state index is 0.00841. The molecule has 0 radical (unpaired) electrons. The van der Waals surface area contributed by atoms with Crippen molar-refractivity contribution in [3.8, 4) is 5.75 Å². The quantitative estimate of drug-likeness (QED) is 0.548. The van der Waals surface area contributed by atoms with Crippen molar-refractivity contribution >= 4 is 17.2 Å². The number of amides is 1. The Labute approximate surface area is 168 Å². The Morgan fingerprint density at radius 3 is 2.57 bits per heavy atom.